The third kappa shape index (κ3) is 3.89. The molecule has 0 radical (unpaired) electrons. The zero-order valence-corrected chi connectivity index (χ0v) is 13.7. The number of nitrogens with zero attached hydrogens (tertiary/aromatic N) is 2. The van der Waals surface area contributed by atoms with Gasteiger partial charge in [0, 0.05) is 36.9 Å². The summed E-state index contributed by atoms with van der Waals surface area (Å²) in [5.74, 6) is 0.0493. The Bertz CT molecular complexity index is 504. The van der Waals surface area contributed by atoms with Crippen molar-refractivity contribution in [3.05, 3.63) is 29.3 Å². The van der Waals surface area contributed by atoms with Gasteiger partial charge in [-0.15, -0.1) is 0 Å². The largest absolute Gasteiger partial charge is 0.368 e. The fraction of sp³-hybridized carbons (Fsp3) is 0.562. The molecule has 1 aromatic carbocycles. The number of carbonyl (C=O) groups is 1. The summed E-state index contributed by atoms with van der Waals surface area (Å²) >= 11 is 6.03. The smallest absolute Gasteiger partial charge is 0.240 e. The van der Waals surface area contributed by atoms with Crippen LogP contribution in [0.5, 0.6) is 0 Å². The maximum atomic E-state index is 12.4. The van der Waals surface area contributed by atoms with Gasteiger partial charge in [0.1, 0.15) is 0 Å². The average molecular weight is 310 g/mol. The van der Waals surface area contributed by atoms with E-state index in [1.807, 2.05) is 49.9 Å². The fourth-order valence-electron chi connectivity index (χ4n) is 2.42. The highest BCUT2D eigenvalue weighted by molar-refractivity contribution is 6.30. The molecule has 1 aliphatic rings. The van der Waals surface area contributed by atoms with Crippen LogP contribution in [0, 0.1) is 5.41 Å². The van der Waals surface area contributed by atoms with E-state index in [0.717, 1.165) is 23.8 Å². The van der Waals surface area contributed by atoms with Crippen LogP contribution in [0.4, 0.5) is 5.69 Å². The highest BCUT2D eigenvalue weighted by Crippen LogP contribution is 2.23. The van der Waals surface area contributed by atoms with Crippen molar-refractivity contribution >= 4 is 23.2 Å². The lowest BCUT2D eigenvalue weighted by atomic mass is 9.86. The highest BCUT2D eigenvalue weighted by Gasteiger charge is 2.32. The number of hydrogen-bond donors (Lipinski definition) is 1. The third-order valence-electron chi connectivity index (χ3n) is 3.96. The lowest BCUT2D eigenvalue weighted by Gasteiger charge is -2.39. The summed E-state index contributed by atoms with van der Waals surface area (Å²) in [5, 5.41) is 0.737. The minimum atomic E-state index is -0.449. The van der Waals surface area contributed by atoms with Crippen LogP contribution in [-0.4, -0.2) is 43.0 Å². The fourth-order valence-corrected chi connectivity index (χ4v) is 2.61. The number of carbonyl (C=O) groups excluding carboxylic acids is 1. The lowest BCUT2D eigenvalue weighted by molar-refractivity contribution is -0.135. The molecular formula is C16H24ClN3O. The number of benzene rings is 1. The summed E-state index contributed by atoms with van der Waals surface area (Å²) in [6.07, 6.45) is 0. The van der Waals surface area contributed by atoms with E-state index < -0.39 is 6.04 Å². The lowest BCUT2D eigenvalue weighted by Crippen LogP contribution is -2.56. The third-order valence-corrected chi connectivity index (χ3v) is 4.20. The van der Waals surface area contributed by atoms with Crippen molar-refractivity contribution in [2.24, 2.45) is 11.1 Å². The van der Waals surface area contributed by atoms with Crippen molar-refractivity contribution in [1.82, 2.24) is 4.90 Å². The monoisotopic (exact) mass is 309 g/mol. The Morgan fingerprint density at radius 3 is 2.38 bits per heavy atom. The molecule has 1 unspecified atom stereocenters. The van der Waals surface area contributed by atoms with Gasteiger partial charge in [0.25, 0.3) is 0 Å². The second-order valence-electron chi connectivity index (χ2n) is 6.64. The van der Waals surface area contributed by atoms with E-state index in [0.29, 0.717) is 13.1 Å². The number of amides is 1. The molecule has 1 saturated heterocycles. The molecule has 0 saturated carbocycles. The van der Waals surface area contributed by atoms with Crippen LogP contribution >= 0.6 is 11.6 Å². The summed E-state index contributed by atoms with van der Waals surface area (Å²) in [6, 6.07) is 7.37. The molecule has 1 atom stereocenters. The molecule has 0 bridgehead atoms. The van der Waals surface area contributed by atoms with E-state index in [1.165, 1.54) is 0 Å². The maximum Gasteiger partial charge on any atom is 0.240 e. The molecule has 0 aromatic heterocycles. The molecule has 4 nitrogen and oxygen atoms in total. The van der Waals surface area contributed by atoms with Crippen molar-refractivity contribution < 1.29 is 4.79 Å². The van der Waals surface area contributed by atoms with Gasteiger partial charge in [0.05, 0.1) is 6.04 Å². The molecular weight excluding hydrogens is 286 g/mol. The van der Waals surface area contributed by atoms with Crippen LogP contribution in [0.1, 0.15) is 20.8 Å². The number of nitrogens with two attached hydrogens (primary N) is 1. The molecule has 2 N–H and O–H groups in total. The first kappa shape index (κ1) is 16.1. The Balaban J connectivity index is 1.96. The zero-order valence-electron chi connectivity index (χ0n) is 13.0. The average Bonchev–Trinajstić information content (AvgIpc) is 2.45. The van der Waals surface area contributed by atoms with Gasteiger partial charge >= 0.3 is 0 Å². The van der Waals surface area contributed by atoms with Crippen molar-refractivity contribution in [1.29, 1.82) is 0 Å². The predicted octanol–water partition coefficient (Wildman–Crippen LogP) is 2.36. The van der Waals surface area contributed by atoms with Gasteiger partial charge in [-0.3, -0.25) is 4.79 Å². The van der Waals surface area contributed by atoms with Crippen molar-refractivity contribution in [3.8, 4) is 0 Å². The van der Waals surface area contributed by atoms with E-state index in [-0.39, 0.29) is 11.3 Å². The summed E-state index contributed by atoms with van der Waals surface area (Å²) in [4.78, 5) is 16.5. The van der Waals surface area contributed by atoms with E-state index in [4.69, 9.17) is 17.3 Å². The van der Waals surface area contributed by atoms with Crippen molar-refractivity contribution in [3.63, 3.8) is 0 Å². The molecule has 1 heterocycles. The summed E-state index contributed by atoms with van der Waals surface area (Å²) in [5.41, 5.74) is 6.97. The van der Waals surface area contributed by atoms with Gasteiger partial charge in [0.2, 0.25) is 5.91 Å². The van der Waals surface area contributed by atoms with Crippen LogP contribution in [0.25, 0.3) is 0 Å². The Morgan fingerprint density at radius 2 is 1.86 bits per heavy atom. The molecule has 1 aliphatic heterocycles. The van der Waals surface area contributed by atoms with Gasteiger partial charge in [-0.2, -0.15) is 0 Å². The molecule has 1 amide bonds. The van der Waals surface area contributed by atoms with Crippen LogP contribution in [0.2, 0.25) is 5.02 Å². The predicted molar refractivity (Wildman–Crippen MR) is 87.7 cm³/mol. The first-order valence-electron chi connectivity index (χ1n) is 7.34. The van der Waals surface area contributed by atoms with Gasteiger partial charge in [-0.05, 0) is 23.6 Å². The normalized spacial score (nSPS) is 17.8. The topological polar surface area (TPSA) is 49.6 Å². The maximum absolute atomic E-state index is 12.4. The number of anilines is 1. The molecule has 21 heavy (non-hydrogen) atoms. The van der Waals surface area contributed by atoms with Gasteiger partial charge in [0.15, 0.2) is 0 Å². The minimum Gasteiger partial charge on any atom is -0.368 e. The Morgan fingerprint density at radius 1 is 1.24 bits per heavy atom. The van der Waals surface area contributed by atoms with Crippen molar-refractivity contribution in [2.75, 3.05) is 31.1 Å². The van der Waals surface area contributed by atoms with Gasteiger partial charge in [-0.25, -0.2) is 0 Å². The highest BCUT2D eigenvalue weighted by atomic mass is 35.5. The molecule has 116 valence electrons. The van der Waals surface area contributed by atoms with E-state index in [9.17, 15) is 4.79 Å². The van der Waals surface area contributed by atoms with E-state index >= 15 is 0 Å². The molecule has 0 aliphatic carbocycles. The Hall–Kier alpha value is -1.26. The van der Waals surface area contributed by atoms with Crippen LogP contribution in [0.3, 0.4) is 0 Å². The van der Waals surface area contributed by atoms with Gasteiger partial charge in [-0.1, -0.05) is 38.4 Å². The minimum absolute atomic E-state index is 0.0493. The summed E-state index contributed by atoms with van der Waals surface area (Å²) in [7, 11) is 0. The van der Waals surface area contributed by atoms with E-state index in [1.54, 1.807) is 0 Å². The van der Waals surface area contributed by atoms with Gasteiger partial charge < -0.3 is 15.5 Å². The molecule has 0 spiro atoms. The molecule has 2 rings (SSSR count). The number of halogens is 1. The first-order valence-corrected chi connectivity index (χ1v) is 7.72. The quantitative estimate of drug-likeness (QED) is 0.912. The van der Waals surface area contributed by atoms with E-state index in [2.05, 4.69) is 4.90 Å². The molecule has 5 heteroatoms. The zero-order chi connectivity index (χ0) is 15.6. The molecule has 1 aromatic rings. The number of piperazine rings is 1. The Labute approximate surface area is 131 Å². The first-order chi connectivity index (χ1) is 9.79. The van der Waals surface area contributed by atoms with Crippen molar-refractivity contribution in [2.45, 2.75) is 26.8 Å². The van der Waals surface area contributed by atoms with Crippen LogP contribution in [0.15, 0.2) is 24.3 Å². The SMILES string of the molecule is CC(C)(C)C(N)C(=O)N1CCN(c2cccc(Cl)c2)CC1. The molecule has 1 fully saturated rings. The summed E-state index contributed by atoms with van der Waals surface area (Å²) in [6.45, 7) is 9.02. The summed E-state index contributed by atoms with van der Waals surface area (Å²) < 4.78 is 0. The van der Waals surface area contributed by atoms with Crippen LogP contribution in [-0.2, 0) is 4.79 Å². The van der Waals surface area contributed by atoms with Crippen LogP contribution < -0.4 is 10.6 Å². The Kier molecular flexibility index (Phi) is 4.79. The number of hydrogen-bond acceptors (Lipinski definition) is 3. The second kappa shape index (κ2) is 6.24. The second-order valence-corrected chi connectivity index (χ2v) is 7.07. The number of rotatable bonds is 2. The standard InChI is InChI=1S/C16H24ClN3O/c1-16(2,3)14(18)15(21)20-9-7-19(8-10-20)13-6-4-5-12(17)11-13/h4-6,11,14H,7-10,18H2,1-3H3.